The van der Waals surface area contributed by atoms with Crippen LogP contribution in [-0.4, -0.2) is 38.8 Å². The van der Waals surface area contributed by atoms with Gasteiger partial charge in [-0.25, -0.2) is 0 Å². The fraction of sp³-hybridized carbons (Fsp3) is 0.389. The van der Waals surface area contributed by atoms with Crippen molar-refractivity contribution in [3.63, 3.8) is 0 Å². The Morgan fingerprint density at radius 2 is 2.16 bits per heavy atom. The topological polar surface area (TPSA) is 84.7 Å². The number of piperidine rings is 1. The van der Waals surface area contributed by atoms with Gasteiger partial charge in [0.2, 0.25) is 5.91 Å². The van der Waals surface area contributed by atoms with Crippen molar-refractivity contribution < 1.29 is 19.4 Å². The van der Waals surface area contributed by atoms with E-state index in [-0.39, 0.29) is 12.3 Å². The van der Waals surface area contributed by atoms with Gasteiger partial charge in [-0.15, -0.1) is 0 Å². The van der Waals surface area contributed by atoms with E-state index in [1.165, 1.54) is 0 Å². The van der Waals surface area contributed by atoms with Crippen LogP contribution in [-0.2, 0) is 23.2 Å². The van der Waals surface area contributed by atoms with Crippen molar-refractivity contribution >= 4 is 11.9 Å². The molecule has 132 valence electrons. The second-order valence-corrected chi connectivity index (χ2v) is 6.21. The minimum absolute atomic E-state index is 0.0581. The summed E-state index contributed by atoms with van der Waals surface area (Å²) < 4.78 is 6.99. The molecule has 0 spiro atoms. The van der Waals surface area contributed by atoms with Crippen LogP contribution in [0, 0.1) is 5.92 Å². The molecule has 2 atom stereocenters. The number of hydrogen-bond donors (Lipinski definition) is 1. The first-order valence-electron chi connectivity index (χ1n) is 8.14. The third kappa shape index (κ3) is 3.35. The molecule has 1 aromatic carbocycles. The van der Waals surface area contributed by atoms with E-state index in [1.54, 1.807) is 36.1 Å². The highest BCUT2D eigenvalue weighted by atomic mass is 16.5. The lowest BCUT2D eigenvalue weighted by atomic mass is 9.85. The molecule has 2 aromatic rings. The van der Waals surface area contributed by atoms with E-state index in [9.17, 15) is 14.7 Å². The average Bonchev–Trinajstić information content (AvgIpc) is 3.02. The summed E-state index contributed by atoms with van der Waals surface area (Å²) in [4.78, 5) is 26.0. The Balaban J connectivity index is 2.00. The molecule has 0 unspecified atom stereocenters. The number of benzene rings is 1. The number of nitrogens with zero attached hydrogens (tertiary/aromatic N) is 3. The van der Waals surface area contributed by atoms with Gasteiger partial charge in [-0.05, 0) is 12.5 Å². The molecule has 2 heterocycles. The molecule has 3 rings (SSSR count). The lowest BCUT2D eigenvalue weighted by Gasteiger charge is -2.39. The van der Waals surface area contributed by atoms with Crippen molar-refractivity contribution in [1.29, 1.82) is 0 Å². The van der Waals surface area contributed by atoms with Gasteiger partial charge >= 0.3 is 5.97 Å². The second-order valence-electron chi connectivity index (χ2n) is 6.21. The van der Waals surface area contributed by atoms with Crippen molar-refractivity contribution in [2.24, 2.45) is 13.0 Å². The van der Waals surface area contributed by atoms with Crippen molar-refractivity contribution in [3.8, 4) is 5.75 Å². The summed E-state index contributed by atoms with van der Waals surface area (Å²) >= 11 is 0. The normalized spacial score (nSPS) is 20.6. The van der Waals surface area contributed by atoms with Crippen LogP contribution in [0.4, 0.5) is 0 Å². The molecular formula is C18H21N3O4. The molecule has 0 aliphatic carbocycles. The highest BCUT2D eigenvalue weighted by molar-refractivity contribution is 5.81. The van der Waals surface area contributed by atoms with Crippen LogP contribution < -0.4 is 4.74 Å². The number of aryl methyl sites for hydroxylation is 1. The number of rotatable bonds is 5. The number of ether oxygens (including phenoxy) is 1. The number of carboxylic acids is 1. The zero-order chi connectivity index (χ0) is 18.0. The molecule has 0 saturated carbocycles. The van der Waals surface area contributed by atoms with Gasteiger partial charge in [-0.3, -0.25) is 14.3 Å². The lowest BCUT2D eigenvalue weighted by Crippen LogP contribution is -2.44. The summed E-state index contributed by atoms with van der Waals surface area (Å²) in [6.07, 6.45) is 3.96. The fourth-order valence-electron chi connectivity index (χ4n) is 3.42. The number of carboxylic acid groups (broad SMARTS) is 1. The molecule has 1 N–H and O–H groups in total. The second kappa shape index (κ2) is 6.96. The maximum Gasteiger partial charge on any atom is 0.308 e. The number of carbonyl (C=O) groups excluding carboxylic acids is 1. The number of carbonyl (C=O) groups is 2. The van der Waals surface area contributed by atoms with Gasteiger partial charge < -0.3 is 14.7 Å². The molecule has 1 aliphatic heterocycles. The number of methoxy groups -OCH3 is 1. The van der Waals surface area contributed by atoms with Crippen molar-refractivity contribution in [3.05, 3.63) is 47.8 Å². The van der Waals surface area contributed by atoms with Crippen LogP contribution >= 0.6 is 0 Å². The molecular weight excluding hydrogens is 322 g/mol. The van der Waals surface area contributed by atoms with E-state index in [0.29, 0.717) is 18.7 Å². The molecule has 25 heavy (non-hydrogen) atoms. The van der Waals surface area contributed by atoms with E-state index >= 15 is 0 Å². The SMILES string of the molecule is COc1ccccc1CN1C(=O)CC[C@@H](C(=O)O)[C@@H]1c1cnn(C)c1. The Labute approximate surface area is 145 Å². The summed E-state index contributed by atoms with van der Waals surface area (Å²) in [5, 5.41) is 13.8. The van der Waals surface area contributed by atoms with Gasteiger partial charge in [0.25, 0.3) is 0 Å². The highest BCUT2D eigenvalue weighted by Crippen LogP contribution is 2.38. The van der Waals surface area contributed by atoms with Gasteiger partial charge in [-0.2, -0.15) is 5.10 Å². The van der Waals surface area contributed by atoms with Crippen LogP contribution in [0.2, 0.25) is 0 Å². The van der Waals surface area contributed by atoms with Crippen LogP contribution in [0.1, 0.15) is 30.0 Å². The molecule has 0 bridgehead atoms. The summed E-state index contributed by atoms with van der Waals surface area (Å²) in [5.41, 5.74) is 1.58. The Morgan fingerprint density at radius 3 is 2.80 bits per heavy atom. The van der Waals surface area contributed by atoms with Gasteiger partial charge in [-0.1, -0.05) is 18.2 Å². The van der Waals surface area contributed by atoms with Crippen molar-refractivity contribution in [1.82, 2.24) is 14.7 Å². The van der Waals surface area contributed by atoms with Crippen molar-refractivity contribution in [2.45, 2.75) is 25.4 Å². The minimum Gasteiger partial charge on any atom is -0.496 e. The minimum atomic E-state index is -0.897. The first-order valence-corrected chi connectivity index (χ1v) is 8.14. The molecule has 7 heteroatoms. The molecule has 7 nitrogen and oxygen atoms in total. The monoisotopic (exact) mass is 343 g/mol. The smallest absolute Gasteiger partial charge is 0.308 e. The summed E-state index contributed by atoms with van der Waals surface area (Å²) in [6, 6.07) is 6.91. The number of aromatic nitrogens is 2. The molecule has 1 saturated heterocycles. The molecule has 1 amide bonds. The third-order valence-electron chi connectivity index (χ3n) is 4.62. The predicted octanol–water partition coefficient (Wildman–Crippen LogP) is 1.99. The first-order chi connectivity index (χ1) is 12.0. The number of aliphatic carboxylic acids is 1. The van der Waals surface area contributed by atoms with E-state index in [1.807, 2.05) is 24.3 Å². The molecule has 0 radical (unpaired) electrons. The molecule has 1 aromatic heterocycles. The highest BCUT2D eigenvalue weighted by Gasteiger charge is 2.41. The molecule has 1 fully saturated rings. The predicted molar refractivity (Wildman–Crippen MR) is 89.9 cm³/mol. The number of hydrogen-bond acceptors (Lipinski definition) is 4. The maximum absolute atomic E-state index is 12.6. The fourth-order valence-corrected chi connectivity index (χ4v) is 3.42. The number of para-hydroxylation sites is 1. The van der Waals surface area contributed by atoms with Crippen LogP contribution in [0.5, 0.6) is 5.75 Å². The summed E-state index contributed by atoms with van der Waals surface area (Å²) in [6.45, 7) is 0.298. The zero-order valence-corrected chi connectivity index (χ0v) is 14.3. The van der Waals surface area contributed by atoms with E-state index < -0.39 is 17.9 Å². The quantitative estimate of drug-likeness (QED) is 0.897. The Morgan fingerprint density at radius 1 is 1.40 bits per heavy atom. The van der Waals surface area contributed by atoms with Gasteiger partial charge in [0.05, 0.1) is 25.3 Å². The molecule has 1 aliphatic rings. The Bertz CT molecular complexity index is 786. The zero-order valence-electron chi connectivity index (χ0n) is 14.3. The van der Waals surface area contributed by atoms with E-state index in [2.05, 4.69) is 5.10 Å². The Kier molecular flexibility index (Phi) is 4.74. The summed E-state index contributed by atoms with van der Waals surface area (Å²) in [5.74, 6) is -0.932. The standard InChI is InChI=1S/C18H21N3O4/c1-20-10-13(9-19-20)17-14(18(23)24)7-8-16(22)21(17)11-12-5-3-4-6-15(12)25-2/h3-6,9-10,14,17H,7-8,11H2,1-2H3,(H,23,24)/t14-,17+/m1/s1. The van der Waals surface area contributed by atoms with Gasteiger partial charge in [0.1, 0.15) is 5.75 Å². The Hall–Kier alpha value is -2.83. The van der Waals surface area contributed by atoms with Crippen LogP contribution in [0.15, 0.2) is 36.7 Å². The number of likely N-dealkylation sites (tertiary alicyclic amines) is 1. The van der Waals surface area contributed by atoms with E-state index in [0.717, 1.165) is 11.1 Å². The van der Waals surface area contributed by atoms with Crippen LogP contribution in [0.25, 0.3) is 0 Å². The largest absolute Gasteiger partial charge is 0.496 e. The average molecular weight is 343 g/mol. The number of amides is 1. The lowest BCUT2D eigenvalue weighted by molar-refractivity contribution is -0.152. The van der Waals surface area contributed by atoms with Crippen molar-refractivity contribution in [2.75, 3.05) is 7.11 Å². The van der Waals surface area contributed by atoms with Crippen LogP contribution in [0.3, 0.4) is 0 Å². The van der Waals surface area contributed by atoms with Gasteiger partial charge in [0, 0.05) is 37.3 Å². The first kappa shape index (κ1) is 17.0. The van der Waals surface area contributed by atoms with E-state index in [4.69, 9.17) is 4.74 Å². The summed E-state index contributed by atoms with van der Waals surface area (Å²) in [7, 11) is 3.35. The third-order valence-corrected chi connectivity index (χ3v) is 4.62. The van der Waals surface area contributed by atoms with Gasteiger partial charge in [0.15, 0.2) is 0 Å². The maximum atomic E-state index is 12.6.